The van der Waals surface area contributed by atoms with Crippen LogP contribution in [-0.2, 0) is 13.9 Å². The van der Waals surface area contributed by atoms with Crippen LogP contribution >= 0.6 is 0 Å². The maximum absolute atomic E-state index is 12.2. The van der Waals surface area contributed by atoms with Gasteiger partial charge < -0.3 is 24.1 Å². The molecule has 0 fully saturated rings. The summed E-state index contributed by atoms with van der Waals surface area (Å²) in [5.41, 5.74) is 0. The van der Waals surface area contributed by atoms with Crippen molar-refractivity contribution in [3.8, 4) is 0 Å². The molecule has 0 saturated heterocycles. The molecule has 0 aliphatic rings. The van der Waals surface area contributed by atoms with Gasteiger partial charge in [0.15, 0.2) is 8.32 Å². The number of hydrogen-bond donors (Lipinski definition) is 1. The van der Waals surface area contributed by atoms with E-state index in [4.69, 9.17) is 13.9 Å². The molecule has 0 bridgehead atoms. The summed E-state index contributed by atoms with van der Waals surface area (Å²) < 4.78 is 16.0. The van der Waals surface area contributed by atoms with Gasteiger partial charge in [-0.2, -0.15) is 0 Å². The van der Waals surface area contributed by atoms with Crippen LogP contribution in [0.15, 0.2) is 25.3 Å². The number of carbonyl (C=O) groups excluding carboxylic acids is 2. The van der Waals surface area contributed by atoms with Crippen LogP contribution in [0.4, 0.5) is 9.59 Å². The molecule has 150 valence electrons. The molecule has 0 aromatic carbocycles. The smallest absolute Gasteiger partial charge is 0.410 e. The van der Waals surface area contributed by atoms with Crippen LogP contribution in [0.2, 0.25) is 18.1 Å². The molecule has 8 heteroatoms. The van der Waals surface area contributed by atoms with E-state index in [1.54, 1.807) is 0 Å². The Balaban J connectivity index is 4.56. The molecule has 0 spiro atoms. The van der Waals surface area contributed by atoms with Crippen LogP contribution < -0.4 is 5.32 Å². The number of carbonyl (C=O) groups is 2. The fourth-order valence-electron chi connectivity index (χ4n) is 1.62. The van der Waals surface area contributed by atoms with Crippen molar-refractivity contribution in [1.82, 2.24) is 10.2 Å². The van der Waals surface area contributed by atoms with Gasteiger partial charge in [-0.1, -0.05) is 46.1 Å². The Hall–Kier alpha value is -1.80. The van der Waals surface area contributed by atoms with Crippen LogP contribution in [0.3, 0.4) is 0 Å². The van der Waals surface area contributed by atoms with Crippen molar-refractivity contribution < 1.29 is 23.5 Å². The van der Waals surface area contributed by atoms with Gasteiger partial charge in [-0.3, -0.25) is 0 Å². The SMILES string of the molecule is C=CCOC(=O)NCCN(CCO[Si](C)(C)C(C)(C)C)C(=O)OCC=C. The second-order valence-corrected chi connectivity index (χ2v) is 12.1. The van der Waals surface area contributed by atoms with E-state index in [-0.39, 0.29) is 24.8 Å². The van der Waals surface area contributed by atoms with Crippen molar-refractivity contribution >= 4 is 20.5 Å². The summed E-state index contributed by atoms with van der Waals surface area (Å²) in [7, 11) is -1.89. The summed E-state index contributed by atoms with van der Waals surface area (Å²) >= 11 is 0. The van der Waals surface area contributed by atoms with Crippen molar-refractivity contribution in [2.75, 3.05) is 39.5 Å². The van der Waals surface area contributed by atoms with E-state index in [2.05, 4.69) is 52.3 Å². The molecule has 0 aliphatic carbocycles. The van der Waals surface area contributed by atoms with Gasteiger partial charge in [0, 0.05) is 19.6 Å². The second kappa shape index (κ2) is 11.7. The molecular formula is C18H34N2O5Si. The van der Waals surface area contributed by atoms with Gasteiger partial charge in [0.25, 0.3) is 0 Å². The number of amides is 2. The molecule has 0 aromatic rings. The highest BCUT2D eigenvalue weighted by molar-refractivity contribution is 6.74. The van der Waals surface area contributed by atoms with Crippen LogP contribution in [0.25, 0.3) is 0 Å². The molecule has 7 nitrogen and oxygen atoms in total. The second-order valence-electron chi connectivity index (χ2n) is 7.28. The van der Waals surface area contributed by atoms with Crippen molar-refractivity contribution in [3.63, 3.8) is 0 Å². The van der Waals surface area contributed by atoms with Crippen molar-refractivity contribution in [2.45, 2.75) is 38.9 Å². The van der Waals surface area contributed by atoms with Crippen LogP contribution in [-0.4, -0.2) is 64.9 Å². The lowest BCUT2D eigenvalue weighted by Crippen LogP contribution is -2.45. The highest BCUT2D eigenvalue weighted by Crippen LogP contribution is 2.36. The minimum absolute atomic E-state index is 0.0949. The first kappa shape index (κ1) is 24.2. The van der Waals surface area contributed by atoms with Crippen LogP contribution in [0.1, 0.15) is 20.8 Å². The number of rotatable bonds is 11. The fourth-order valence-corrected chi connectivity index (χ4v) is 2.66. The summed E-state index contributed by atoms with van der Waals surface area (Å²) in [4.78, 5) is 25.1. The third-order valence-corrected chi connectivity index (χ3v) is 8.73. The minimum Gasteiger partial charge on any atom is -0.445 e. The minimum atomic E-state index is -1.89. The summed E-state index contributed by atoms with van der Waals surface area (Å²) in [5, 5.41) is 2.67. The molecule has 0 rings (SSSR count). The first-order valence-electron chi connectivity index (χ1n) is 8.73. The van der Waals surface area contributed by atoms with E-state index in [0.29, 0.717) is 19.7 Å². The zero-order valence-corrected chi connectivity index (χ0v) is 17.8. The maximum Gasteiger partial charge on any atom is 0.410 e. The number of nitrogens with zero attached hydrogens (tertiary/aromatic N) is 1. The van der Waals surface area contributed by atoms with E-state index < -0.39 is 20.5 Å². The Morgan fingerprint density at radius 3 is 2.19 bits per heavy atom. The number of nitrogens with one attached hydrogen (secondary N) is 1. The third kappa shape index (κ3) is 9.62. The van der Waals surface area contributed by atoms with E-state index in [0.717, 1.165) is 0 Å². The van der Waals surface area contributed by atoms with E-state index in [9.17, 15) is 9.59 Å². The monoisotopic (exact) mass is 386 g/mol. The lowest BCUT2D eigenvalue weighted by molar-refractivity contribution is 0.103. The molecule has 1 N–H and O–H groups in total. The van der Waals surface area contributed by atoms with Gasteiger partial charge in [0.05, 0.1) is 6.61 Å². The van der Waals surface area contributed by atoms with Crippen molar-refractivity contribution in [2.24, 2.45) is 0 Å². The average molecular weight is 387 g/mol. The average Bonchev–Trinajstić information content (AvgIpc) is 2.55. The van der Waals surface area contributed by atoms with Gasteiger partial charge >= 0.3 is 12.2 Å². The Labute approximate surface area is 158 Å². The summed E-state index contributed by atoms with van der Waals surface area (Å²) in [5.74, 6) is 0. The normalized spacial score (nSPS) is 11.4. The summed E-state index contributed by atoms with van der Waals surface area (Å²) in [6.07, 6.45) is 1.97. The predicted octanol–water partition coefficient (Wildman–Crippen LogP) is 3.55. The highest BCUT2D eigenvalue weighted by atomic mass is 28.4. The molecule has 0 radical (unpaired) electrons. The molecule has 26 heavy (non-hydrogen) atoms. The van der Waals surface area contributed by atoms with E-state index >= 15 is 0 Å². The van der Waals surface area contributed by atoms with Crippen molar-refractivity contribution in [3.05, 3.63) is 25.3 Å². The number of ether oxygens (including phenoxy) is 2. The Morgan fingerprint density at radius 2 is 1.65 bits per heavy atom. The Bertz CT molecular complexity index is 475. The van der Waals surface area contributed by atoms with Gasteiger partial charge in [-0.25, -0.2) is 9.59 Å². The molecule has 0 aromatic heterocycles. The molecular weight excluding hydrogens is 352 g/mol. The topological polar surface area (TPSA) is 77.1 Å². The van der Waals surface area contributed by atoms with E-state index in [1.807, 2.05) is 0 Å². The predicted molar refractivity (Wildman–Crippen MR) is 106 cm³/mol. The van der Waals surface area contributed by atoms with Gasteiger partial charge in [0.1, 0.15) is 13.2 Å². The molecule has 0 saturated carbocycles. The molecule has 0 heterocycles. The van der Waals surface area contributed by atoms with Crippen LogP contribution in [0.5, 0.6) is 0 Å². The number of hydrogen-bond acceptors (Lipinski definition) is 5. The fraction of sp³-hybridized carbons (Fsp3) is 0.667. The first-order valence-corrected chi connectivity index (χ1v) is 11.6. The summed E-state index contributed by atoms with van der Waals surface area (Å²) in [6, 6.07) is 0. The van der Waals surface area contributed by atoms with E-state index in [1.165, 1.54) is 17.1 Å². The van der Waals surface area contributed by atoms with Crippen molar-refractivity contribution in [1.29, 1.82) is 0 Å². The zero-order valence-electron chi connectivity index (χ0n) is 16.8. The zero-order chi connectivity index (χ0) is 20.2. The molecule has 0 unspecified atom stereocenters. The Kier molecular flexibility index (Phi) is 10.9. The quantitative estimate of drug-likeness (QED) is 0.434. The first-order chi connectivity index (χ1) is 12.0. The lowest BCUT2D eigenvalue weighted by Gasteiger charge is -2.36. The summed E-state index contributed by atoms with van der Waals surface area (Å²) in [6.45, 7) is 19.4. The van der Waals surface area contributed by atoms with Gasteiger partial charge in [-0.05, 0) is 18.1 Å². The van der Waals surface area contributed by atoms with Gasteiger partial charge in [0.2, 0.25) is 0 Å². The maximum atomic E-state index is 12.2. The molecule has 0 atom stereocenters. The Morgan fingerprint density at radius 1 is 1.08 bits per heavy atom. The van der Waals surface area contributed by atoms with Gasteiger partial charge in [-0.15, -0.1) is 0 Å². The third-order valence-electron chi connectivity index (χ3n) is 4.20. The van der Waals surface area contributed by atoms with Crippen LogP contribution in [0, 0.1) is 0 Å². The molecule has 2 amide bonds. The largest absolute Gasteiger partial charge is 0.445 e. The highest BCUT2D eigenvalue weighted by Gasteiger charge is 2.37. The standard InChI is InChI=1S/C18H34N2O5Si/c1-8-13-23-16(21)19-10-11-20(17(22)24-14-9-2)12-15-25-26(6,7)18(3,4)5/h8-9H,1-2,10-15H2,3-7H3,(H,19,21). The lowest BCUT2D eigenvalue weighted by atomic mass is 10.2. The molecule has 0 aliphatic heterocycles. The number of alkyl carbamates (subject to hydrolysis) is 1.